The molecule has 1 nitrogen and oxygen atoms in total. The molecule has 0 unspecified atom stereocenters. The minimum absolute atomic E-state index is 0. The molecule has 0 radical (unpaired) electrons. The summed E-state index contributed by atoms with van der Waals surface area (Å²) in [5.74, 6) is 0. The number of hydrogen-bond donors (Lipinski definition) is 0. The largest absolute Gasteiger partial charge is 1.00 e. The van der Waals surface area contributed by atoms with E-state index in [2.05, 4.69) is 17.1 Å². The third-order valence-corrected chi connectivity index (χ3v) is 2.72. The van der Waals surface area contributed by atoms with E-state index in [1.165, 1.54) is 0 Å². The zero-order chi connectivity index (χ0) is 12.2. The number of pyridine rings is 1. The molecule has 2 aromatic carbocycles. The van der Waals surface area contributed by atoms with Gasteiger partial charge in [-0.25, -0.2) is 0 Å². The summed E-state index contributed by atoms with van der Waals surface area (Å²) < 4.78 is 0. The first-order chi connectivity index (χ1) is 8.93. The Labute approximate surface area is 143 Å². The van der Waals surface area contributed by atoms with Gasteiger partial charge in [0, 0.05) is 0 Å². The number of aromatic nitrogens is 1. The first-order valence-corrected chi connectivity index (χ1v) is 5.85. The Kier molecular flexibility index (Phi) is 6.87. The van der Waals surface area contributed by atoms with Crippen LogP contribution in [0.25, 0.3) is 22.5 Å². The van der Waals surface area contributed by atoms with Gasteiger partial charge < -0.3 is 4.98 Å². The average Bonchev–Trinajstić information content (AvgIpc) is 2.49. The molecule has 3 rings (SSSR count). The van der Waals surface area contributed by atoms with Gasteiger partial charge in [0.25, 0.3) is 0 Å². The first kappa shape index (κ1) is 16.8. The smallest absolute Gasteiger partial charge is 0.345 e. The monoisotopic (exact) mass is 243 g/mol. The van der Waals surface area contributed by atoms with Gasteiger partial charge in [0.05, 0.1) is 0 Å². The number of hydrogen-bond acceptors (Lipinski definition) is 1. The fourth-order valence-electron chi connectivity index (χ4n) is 1.84. The van der Waals surface area contributed by atoms with Gasteiger partial charge in [-0.05, 0) is 11.4 Å². The first-order valence-electron chi connectivity index (χ1n) is 5.85. The minimum Gasteiger partial charge on any atom is -0.345 e. The molecule has 1 aromatic heterocycles. The molecular formula is C17H11Li2N. The van der Waals surface area contributed by atoms with Crippen molar-refractivity contribution in [2.45, 2.75) is 0 Å². The summed E-state index contributed by atoms with van der Waals surface area (Å²) in [6, 6.07) is 28.1. The van der Waals surface area contributed by atoms with E-state index in [1.807, 2.05) is 66.7 Å². The van der Waals surface area contributed by atoms with E-state index in [4.69, 9.17) is 0 Å². The maximum atomic E-state index is 4.65. The van der Waals surface area contributed by atoms with Crippen molar-refractivity contribution in [3.05, 3.63) is 78.9 Å². The molecule has 0 atom stereocenters. The molecular weight excluding hydrogens is 232 g/mol. The Morgan fingerprint density at radius 1 is 0.600 bits per heavy atom. The maximum Gasteiger partial charge on any atom is 1.00 e. The van der Waals surface area contributed by atoms with Crippen LogP contribution in [0.2, 0.25) is 0 Å². The average molecular weight is 243 g/mol. The molecule has 3 heteroatoms. The summed E-state index contributed by atoms with van der Waals surface area (Å²) in [5.41, 5.74) is 3.89. The molecule has 0 aliphatic carbocycles. The van der Waals surface area contributed by atoms with Crippen molar-refractivity contribution in [3.8, 4) is 22.5 Å². The van der Waals surface area contributed by atoms with Crippen molar-refractivity contribution in [1.29, 1.82) is 0 Å². The van der Waals surface area contributed by atoms with E-state index in [0.29, 0.717) is 0 Å². The molecule has 0 fully saturated rings. The van der Waals surface area contributed by atoms with Crippen LogP contribution in [-0.2, 0) is 0 Å². The topological polar surface area (TPSA) is 12.9 Å². The van der Waals surface area contributed by atoms with Crippen molar-refractivity contribution in [2.75, 3.05) is 0 Å². The molecule has 0 N–H and O–H groups in total. The normalized spacial score (nSPS) is 9.20. The predicted octanol–water partition coefficient (Wildman–Crippen LogP) is -1.98. The van der Waals surface area contributed by atoms with Gasteiger partial charge >= 0.3 is 37.7 Å². The summed E-state index contributed by atoms with van der Waals surface area (Å²) in [5, 5.41) is 0. The van der Waals surface area contributed by atoms with Crippen LogP contribution in [-0.4, -0.2) is 4.98 Å². The van der Waals surface area contributed by atoms with Crippen molar-refractivity contribution in [3.63, 3.8) is 0 Å². The van der Waals surface area contributed by atoms with Crippen molar-refractivity contribution in [1.82, 2.24) is 4.98 Å². The third kappa shape index (κ3) is 3.89. The van der Waals surface area contributed by atoms with Gasteiger partial charge in [-0.15, -0.1) is 71.8 Å². The van der Waals surface area contributed by atoms with Crippen LogP contribution in [0.5, 0.6) is 0 Å². The maximum absolute atomic E-state index is 4.65. The summed E-state index contributed by atoms with van der Waals surface area (Å²) >= 11 is 0. The van der Waals surface area contributed by atoms with E-state index in [-0.39, 0.29) is 37.7 Å². The Hall–Kier alpha value is -1.22. The minimum atomic E-state index is 0. The summed E-state index contributed by atoms with van der Waals surface area (Å²) in [4.78, 5) is 4.65. The van der Waals surface area contributed by atoms with E-state index in [1.54, 1.807) is 0 Å². The van der Waals surface area contributed by atoms with Gasteiger partial charge in [0.15, 0.2) is 0 Å². The van der Waals surface area contributed by atoms with Crippen molar-refractivity contribution in [2.24, 2.45) is 0 Å². The molecule has 0 aliphatic rings. The Morgan fingerprint density at radius 3 is 1.50 bits per heavy atom. The zero-order valence-electron chi connectivity index (χ0n) is 11.8. The summed E-state index contributed by atoms with van der Waals surface area (Å²) in [6.45, 7) is 0. The van der Waals surface area contributed by atoms with E-state index >= 15 is 0 Å². The molecule has 20 heavy (non-hydrogen) atoms. The molecule has 0 aliphatic heterocycles. The standard InChI is InChI=1S/C17H11N.2Li/c1-3-8-14(9-4-1)16-12-7-13-17(18-16)15-10-5-2-6-11-15;;/h1-8,10,12-13H;;/q-2;2*+1. The van der Waals surface area contributed by atoms with Crippen LogP contribution >= 0.6 is 0 Å². The van der Waals surface area contributed by atoms with Gasteiger partial charge in [0.1, 0.15) is 0 Å². The van der Waals surface area contributed by atoms with Crippen LogP contribution in [0.3, 0.4) is 0 Å². The van der Waals surface area contributed by atoms with E-state index in [9.17, 15) is 0 Å². The third-order valence-electron chi connectivity index (χ3n) is 2.72. The van der Waals surface area contributed by atoms with Crippen LogP contribution in [0.1, 0.15) is 0 Å². The van der Waals surface area contributed by atoms with E-state index < -0.39 is 0 Å². The second kappa shape index (κ2) is 8.16. The molecule has 0 spiro atoms. The Morgan fingerprint density at radius 2 is 1.10 bits per heavy atom. The Balaban J connectivity index is 0.000001000. The van der Waals surface area contributed by atoms with Crippen molar-refractivity contribution < 1.29 is 37.7 Å². The van der Waals surface area contributed by atoms with Crippen LogP contribution in [0, 0.1) is 12.1 Å². The fraction of sp³-hybridized carbons (Fsp3) is 0. The zero-order valence-corrected chi connectivity index (χ0v) is 11.8. The van der Waals surface area contributed by atoms with Gasteiger partial charge in [-0.3, -0.25) is 0 Å². The molecule has 3 aromatic rings. The molecule has 0 bridgehead atoms. The predicted molar refractivity (Wildman–Crippen MR) is 72.8 cm³/mol. The van der Waals surface area contributed by atoms with Crippen LogP contribution < -0.4 is 37.7 Å². The second-order valence-corrected chi connectivity index (χ2v) is 3.96. The molecule has 1 heterocycles. The SMILES string of the molecule is [Li+].[Li+].[c-]1ccccc1-c1cccc(-c2[c-]cccc2)n1. The molecule has 86 valence electrons. The van der Waals surface area contributed by atoms with Gasteiger partial charge in [0.2, 0.25) is 0 Å². The number of rotatable bonds is 2. The summed E-state index contributed by atoms with van der Waals surface area (Å²) in [7, 11) is 0. The molecule has 0 amide bonds. The van der Waals surface area contributed by atoms with Gasteiger partial charge in [-0.2, -0.15) is 0 Å². The number of nitrogens with zero attached hydrogens (tertiary/aromatic N) is 1. The molecule has 0 saturated heterocycles. The molecule has 0 saturated carbocycles. The van der Waals surface area contributed by atoms with E-state index in [0.717, 1.165) is 22.5 Å². The summed E-state index contributed by atoms with van der Waals surface area (Å²) in [6.07, 6.45) is 0. The van der Waals surface area contributed by atoms with Gasteiger partial charge in [-0.1, -0.05) is 18.2 Å². The second-order valence-electron chi connectivity index (χ2n) is 3.96. The van der Waals surface area contributed by atoms with Crippen LogP contribution in [0.4, 0.5) is 0 Å². The fourth-order valence-corrected chi connectivity index (χ4v) is 1.84. The number of benzene rings is 2. The Bertz CT molecular complexity index is 585. The quantitative estimate of drug-likeness (QED) is 0.375. The van der Waals surface area contributed by atoms with Crippen molar-refractivity contribution >= 4 is 0 Å². The van der Waals surface area contributed by atoms with Crippen LogP contribution in [0.15, 0.2) is 66.7 Å².